The highest BCUT2D eigenvalue weighted by molar-refractivity contribution is 14.1. The third kappa shape index (κ3) is 2.90. The summed E-state index contributed by atoms with van der Waals surface area (Å²) >= 11 is 2.25. The molecular weight excluding hydrogens is 383 g/mol. The minimum Gasteiger partial charge on any atom is -0.486 e. The number of anilines is 1. The van der Waals surface area contributed by atoms with Gasteiger partial charge in [-0.05, 0) is 46.9 Å². The van der Waals surface area contributed by atoms with Gasteiger partial charge in [-0.2, -0.15) is 5.10 Å². The number of halogens is 1. The zero-order chi connectivity index (χ0) is 14.8. The molecule has 0 saturated carbocycles. The number of fused-ring (bicyclic) bond motifs is 1. The molecule has 3 N–H and O–H groups in total. The van der Waals surface area contributed by atoms with Crippen molar-refractivity contribution in [2.24, 2.45) is 12.9 Å². The zero-order valence-corrected chi connectivity index (χ0v) is 13.4. The Hall–Kier alpha value is -1.94. The van der Waals surface area contributed by atoms with Crippen molar-refractivity contribution < 1.29 is 4.74 Å². The fourth-order valence-electron chi connectivity index (χ4n) is 1.92. The summed E-state index contributed by atoms with van der Waals surface area (Å²) in [6.45, 7) is 0.260. The molecule has 0 aliphatic rings. The molecule has 0 spiro atoms. The van der Waals surface area contributed by atoms with Crippen LogP contribution in [-0.4, -0.2) is 19.7 Å². The summed E-state index contributed by atoms with van der Waals surface area (Å²) in [4.78, 5) is 8.78. The maximum Gasteiger partial charge on any atom is 0.170 e. The molecule has 2 heterocycles. The van der Waals surface area contributed by atoms with E-state index in [1.54, 1.807) is 10.9 Å². The molecule has 0 bridgehead atoms. The monoisotopic (exact) mass is 396 g/mol. The Morgan fingerprint density at radius 3 is 2.76 bits per heavy atom. The lowest BCUT2D eigenvalue weighted by atomic mass is 10.3. The highest BCUT2D eigenvalue weighted by atomic mass is 127. The van der Waals surface area contributed by atoms with Crippen molar-refractivity contribution in [3.63, 3.8) is 0 Å². The van der Waals surface area contributed by atoms with Crippen LogP contribution in [0.3, 0.4) is 0 Å². The fourth-order valence-corrected chi connectivity index (χ4v) is 2.28. The molecule has 0 amide bonds. The molecular formula is C13H13IN6O. The van der Waals surface area contributed by atoms with E-state index >= 15 is 0 Å². The molecule has 3 aromatic rings. The lowest BCUT2D eigenvalue weighted by Crippen LogP contribution is -2.12. The summed E-state index contributed by atoms with van der Waals surface area (Å²) in [7, 11) is 1.82. The van der Waals surface area contributed by atoms with Gasteiger partial charge in [0.25, 0.3) is 0 Å². The lowest BCUT2D eigenvalue weighted by molar-refractivity contribution is 0.296. The Morgan fingerprint density at radius 1 is 1.29 bits per heavy atom. The van der Waals surface area contributed by atoms with Gasteiger partial charge in [0.15, 0.2) is 17.3 Å². The lowest BCUT2D eigenvalue weighted by Gasteiger charge is -2.08. The molecule has 0 fully saturated rings. The van der Waals surface area contributed by atoms with Crippen molar-refractivity contribution in [3.05, 3.63) is 39.9 Å². The summed E-state index contributed by atoms with van der Waals surface area (Å²) < 4.78 is 8.51. The van der Waals surface area contributed by atoms with Crippen LogP contribution in [0.4, 0.5) is 5.82 Å². The summed E-state index contributed by atoms with van der Waals surface area (Å²) in [6.07, 6.45) is 1.67. The van der Waals surface area contributed by atoms with E-state index < -0.39 is 0 Å². The van der Waals surface area contributed by atoms with Gasteiger partial charge in [0.2, 0.25) is 0 Å². The molecule has 108 valence electrons. The number of ether oxygens (including phenoxy) is 1. The van der Waals surface area contributed by atoms with Gasteiger partial charge in [-0.25, -0.2) is 15.8 Å². The van der Waals surface area contributed by atoms with E-state index in [1.807, 2.05) is 31.3 Å². The van der Waals surface area contributed by atoms with Gasteiger partial charge in [-0.3, -0.25) is 4.68 Å². The molecule has 0 aliphatic heterocycles. The molecule has 0 saturated heterocycles. The maximum absolute atomic E-state index is 5.69. The number of hydrogen-bond donors (Lipinski definition) is 2. The van der Waals surface area contributed by atoms with E-state index in [2.05, 4.69) is 43.1 Å². The average molecular weight is 396 g/mol. The van der Waals surface area contributed by atoms with Crippen molar-refractivity contribution in [3.8, 4) is 5.75 Å². The van der Waals surface area contributed by atoms with Gasteiger partial charge in [0.05, 0.1) is 11.6 Å². The molecule has 21 heavy (non-hydrogen) atoms. The van der Waals surface area contributed by atoms with E-state index in [1.165, 1.54) is 0 Å². The number of nitrogens with two attached hydrogens (primary N) is 1. The predicted octanol–water partition coefficient (Wildman–Crippen LogP) is 1.83. The molecule has 3 rings (SSSR count). The van der Waals surface area contributed by atoms with Crippen LogP contribution in [0.2, 0.25) is 0 Å². The number of aromatic nitrogens is 4. The second kappa shape index (κ2) is 5.82. The third-order valence-electron chi connectivity index (χ3n) is 2.96. The summed E-state index contributed by atoms with van der Waals surface area (Å²) in [5, 5.41) is 4.93. The van der Waals surface area contributed by atoms with Crippen LogP contribution in [0.1, 0.15) is 5.82 Å². The first-order chi connectivity index (χ1) is 10.2. The first kappa shape index (κ1) is 14.0. The highest BCUT2D eigenvalue weighted by Crippen LogP contribution is 2.20. The molecule has 8 heteroatoms. The maximum atomic E-state index is 5.69. The van der Waals surface area contributed by atoms with Crippen LogP contribution >= 0.6 is 22.6 Å². The number of hydrogen-bond acceptors (Lipinski definition) is 6. The second-order valence-electron chi connectivity index (χ2n) is 4.38. The molecule has 0 unspecified atom stereocenters. The molecule has 0 atom stereocenters. The quantitative estimate of drug-likeness (QED) is 0.397. The Balaban J connectivity index is 1.86. The third-order valence-corrected chi connectivity index (χ3v) is 3.68. The summed E-state index contributed by atoms with van der Waals surface area (Å²) in [5.74, 6) is 7.34. The molecule has 2 aromatic heterocycles. The minimum absolute atomic E-state index is 0.260. The van der Waals surface area contributed by atoms with Crippen LogP contribution in [0.15, 0.2) is 30.5 Å². The standard InChI is InChI=1S/C13H13IN6O/c1-20-13-10(6-16-20)12(19-15)17-11(18-13)7-21-9-4-2-8(14)3-5-9/h2-6H,7,15H2,1H3,(H,17,18,19). The molecule has 1 aromatic carbocycles. The Bertz CT molecular complexity index is 770. The van der Waals surface area contributed by atoms with Crippen molar-refractivity contribution in [1.82, 2.24) is 19.7 Å². The average Bonchev–Trinajstić information content (AvgIpc) is 2.87. The van der Waals surface area contributed by atoms with Gasteiger partial charge in [-0.1, -0.05) is 0 Å². The number of nitrogens with zero attached hydrogens (tertiary/aromatic N) is 4. The van der Waals surface area contributed by atoms with Crippen molar-refractivity contribution in [1.29, 1.82) is 0 Å². The topological polar surface area (TPSA) is 90.9 Å². The molecule has 0 aliphatic carbocycles. The van der Waals surface area contributed by atoms with E-state index in [9.17, 15) is 0 Å². The van der Waals surface area contributed by atoms with Gasteiger partial charge in [0.1, 0.15) is 12.4 Å². The number of benzene rings is 1. The largest absolute Gasteiger partial charge is 0.486 e. The van der Waals surface area contributed by atoms with Gasteiger partial charge in [-0.15, -0.1) is 0 Å². The van der Waals surface area contributed by atoms with E-state index in [0.717, 1.165) is 14.7 Å². The number of aryl methyl sites for hydroxylation is 1. The first-order valence-electron chi connectivity index (χ1n) is 6.21. The Morgan fingerprint density at radius 2 is 2.05 bits per heavy atom. The minimum atomic E-state index is 0.260. The second-order valence-corrected chi connectivity index (χ2v) is 5.63. The zero-order valence-electron chi connectivity index (χ0n) is 11.2. The Kier molecular flexibility index (Phi) is 3.88. The molecule has 7 nitrogen and oxygen atoms in total. The summed E-state index contributed by atoms with van der Waals surface area (Å²) in [6, 6.07) is 7.78. The van der Waals surface area contributed by atoms with Crippen LogP contribution in [0.5, 0.6) is 5.75 Å². The number of hydrazine groups is 1. The van der Waals surface area contributed by atoms with Crippen LogP contribution in [-0.2, 0) is 13.7 Å². The van der Waals surface area contributed by atoms with Gasteiger partial charge in [0, 0.05) is 10.6 Å². The van der Waals surface area contributed by atoms with E-state index in [4.69, 9.17) is 10.6 Å². The van der Waals surface area contributed by atoms with E-state index in [-0.39, 0.29) is 6.61 Å². The Labute approximate surface area is 134 Å². The van der Waals surface area contributed by atoms with Crippen LogP contribution < -0.4 is 16.0 Å². The van der Waals surface area contributed by atoms with Crippen molar-refractivity contribution in [2.45, 2.75) is 6.61 Å². The normalized spacial score (nSPS) is 10.8. The number of nitrogens with one attached hydrogen (secondary N) is 1. The first-order valence-corrected chi connectivity index (χ1v) is 7.29. The van der Waals surface area contributed by atoms with Crippen LogP contribution in [0.25, 0.3) is 11.0 Å². The predicted molar refractivity (Wildman–Crippen MR) is 87.6 cm³/mol. The van der Waals surface area contributed by atoms with Gasteiger partial charge < -0.3 is 10.2 Å². The smallest absolute Gasteiger partial charge is 0.170 e. The SMILES string of the molecule is Cn1ncc2c(NN)nc(COc3ccc(I)cc3)nc21. The fraction of sp³-hybridized carbons (Fsp3) is 0.154. The number of rotatable bonds is 4. The van der Waals surface area contributed by atoms with Crippen molar-refractivity contribution in [2.75, 3.05) is 5.43 Å². The van der Waals surface area contributed by atoms with Crippen LogP contribution in [0, 0.1) is 3.57 Å². The van der Waals surface area contributed by atoms with Crippen molar-refractivity contribution >= 4 is 39.4 Å². The van der Waals surface area contributed by atoms with Gasteiger partial charge >= 0.3 is 0 Å². The molecule has 0 radical (unpaired) electrons. The summed E-state index contributed by atoms with van der Waals surface area (Å²) in [5.41, 5.74) is 3.28. The number of nitrogen functional groups attached to an aromatic ring is 1. The highest BCUT2D eigenvalue weighted by Gasteiger charge is 2.11. The van der Waals surface area contributed by atoms with E-state index in [0.29, 0.717) is 17.3 Å².